The van der Waals surface area contributed by atoms with Gasteiger partial charge in [-0.05, 0) is 6.08 Å². The lowest BCUT2D eigenvalue weighted by Gasteiger charge is -1.96. The molecule has 1 aromatic rings. The Morgan fingerprint density at radius 1 is 1.58 bits per heavy atom. The summed E-state index contributed by atoms with van der Waals surface area (Å²) in [6.45, 7) is 0. The number of hydrogen-bond donors (Lipinski definition) is 1. The minimum Gasteiger partial charge on any atom is -0.382 e. The van der Waals surface area contributed by atoms with Crippen LogP contribution < -0.4 is 5.73 Å². The summed E-state index contributed by atoms with van der Waals surface area (Å²) in [5.41, 5.74) is 5.92. The Balaban J connectivity index is 2.94. The number of rotatable bonds is 2. The molecule has 64 valence electrons. The van der Waals surface area contributed by atoms with Gasteiger partial charge >= 0.3 is 0 Å². The second-order valence-corrected chi connectivity index (χ2v) is 2.69. The van der Waals surface area contributed by atoms with Crippen LogP contribution in [0.15, 0.2) is 12.3 Å². The molecule has 0 saturated carbocycles. The average molecular weight is 204 g/mol. The van der Waals surface area contributed by atoms with Gasteiger partial charge in [-0.1, -0.05) is 17.7 Å². The van der Waals surface area contributed by atoms with Gasteiger partial charge in [0.2, 0.25) is 0 Å². The van der Waals surface area contributed by atoms with E-state index in [9.17, 15) is 0 Å². The molecular formula is C7H7Cl2N3. The van der Waals surface area contributed by atoms with Crippen LogP contribution in [0.1, 0.15) is 5.69 Å². The van der Waals surface area contributed by atoms with Gasteiger partial charge in [0, 0.05) is 5.88 Å². The summed E-state index contributed by atoms with van der Waals surface area (Å²) in [7, 11) is 0. The summed E-state index contributed by atoms with van der Waals surface area (Å²) in [5, 5.41) is 0.288. The summed E-state index contributed by atoms with van der Waals surface area (Å²) >= 11 is 11.1. The Bertz CT molecular complexity index is 299. The van der Waals surface area contributed by atoms with Gasteiger partial charge in [0.15, 0.2) is 5.15 Å². The van der Waals surface area contributed by atoms with Crippen molar-refractivity contribution in [3.8, 4) is 0 Å². The molecule has 0 saturated heterocycles. The van der Waals surface area contributed by atoms with Crippen molar-refractivity contribution in [2.24, 2.45) is 0 Å². The lowest BCUT2D eigenvalue weighted by atomic mass is 10.4. The molecule has 1 heterocycles. The molecule has 1 rings (SSSR count). The molecule has 0 aliphatic rings. The summed E-state index contributed by atoms with van der Waals surface area (Å²) in [4.78, 5) is 7.76. The molecule has 12 heavy (non-hydrogen) atoms. The molecule has 1 aromatic heterocycles. The molecule has 3 nitrogen and oxygen atoms in total. The number of allylic oxidation sites excluding steroid dienone is 1. The standard InChI is InChI=1S/C7H7Cl2N3/c8-3-1-2-5-7(9)12-6(10)4-11-5/h1-2,4H,3H2,(H2,10,12). The van der Waals surface area contributed by atoms with E-state index in [-0.39, 0.29) is 5.15 Å². The highest BCUT2D eigenvalue weighted by Gasteiger charge is 1.98. The van der Waals surface area contributed by atoms with E-state index >= 15 is 0 Å². The van der Waals surface area contributed by atoms with Crippen LogP contribution in [0.3, 0.4) is 0 Å². The van der Waals surface area contributed by atoms with E-state index in [0.29, 0.717) is 17.4 Å². The van der Waals surface area contributed by atoms with Gasteiger partial charge < -0.3 is 5.73 Å². The quantitative estimate of drug-likeness (QED) is 0.749. The van der Waals surface area contributed by atoms with E-state index in [2.05, 4.69) is 9.97 Å². The van der Waals surface area contributed by atoms with Gasteiger partial charge in [0.1, 0.15) is 11.5 Å². The van der Waals surface area contributed by atoms with Crippen LogP contribution >= 0.6 is 23.2 Å². The molecule has 0 fully saturated rings. The molecule has 0 amide bonds. The predicted octanol–water partition coefficient (Wildman–Crippen LogP) is 1.96. The fraction of sp³-hybridized carbons (Fsp3) is 0.143. The summed E-state index contributed by atoms with van der Waals surface area (Å²) in [5.74, 6) is 0.727. The first kappa shape index (κ1) is 9.29. The summed E-state index contributed by atoms with van der Waals surface area (Å²) in [6, 6.07) is 0. The van der Waals surface area contributed by atoms with Crippen LogP contribution in [0, 0.1) is 0 Å². The normalized spacial score (nSPS) is 10.8. The van der Waals surface area contributed by atoms with Crippen molar-refractivity contribution in [2.45, 2.75) is 0 Å². The lowest BCUT2D eigenvalue weighted by molar-refractivity contribution is 1.19. The molecule has 0 spiro atoms. The highest BCUT2D eigenvalue weighted by atomic mass is 35.5. The van der Waals surface area contributed by atoms with Gasteiger partial charge in [-0.25, -0.2) is 9.97 Å². The molecule has 0 aromatic carbocycles. The van der Waals surface area contributed by atoms with Crippen LogP contribution in [0.25, 0.3) is 6.08 Å². The molecule has 0 bridgehead atoms. The number of halogens is 2. The van der Waals surface area contributed by atoms with Gasteiger partial charge in [0.05, 0.1) is 6.20 Å². The first-order chi connectivity index (χ1) is 5.74. The third-order valence-electron chi connectivity index (χ3n) is 1.14. The highest BCUT2D eigenvalue weighted by Crippen LogP contribution is 2.12. The Hall–Kier alpha value is -0.800. The maximum absolute atomic E-state index is 5.72. The minimum absolute atomic E-state index is 0.288. The van der Waals surface area contributed by atoms with Crippen LogP contribution in [-0.2, 0) is 0 Å². The van der Waals surface area contributed by atoms with Crippen molar-refractivity contribution in [2.75, 3.05) is 11.6 Å². The molecule has 0 atom stereocenters. The molecule has 2 N–H and O–H groups in total. The van der Waals surface area contributed by atoms with Crippen molar-refractivity contribution in [3.05, 3.63) is 23.1 Å². The number of alkyl halides is 1. The number of nitrogen functional groups attached to an aromatic ring is 1. The number of aromatic nitrogens is 2. The zero-order chi connectivity index (χ0) is 8.97. The highest BCUT2D eigenvalue weighted by molar-refractivity contribution is 6.30. The number of nitrogens with zero attached hydrogens (tertiary/aromatic N) is 2. The zero-order valence-electron chi connectivity index (χ0n) is 6.17. The first-order valence-corrected chi connectivity index (χ1v) is 4.16. The smallest absolute Gasteiger partial charge is 0.157 e. The second kappa shape index (κ2) is 4.28. The van der Waals surface area contributed by atoms with Crippen molar-refractivity contribution >= 4 is 35.1 Å². The van der Waals surface area contributed by atoms with Crippen molar-refractivity contribution in [1.82, 2.24) is 9.97 Å². The van der Waals surface area contributed by atoms with E-state index in [1.54, 1.807) is 12.2 Å². The molecule has 5 heteroatoms. The van der Waals surface area contributed by atoms with E-state index in [1.165, 1.54) is 6.20 Å². The van der Waals surface area contributed by atoms with E-state index < -0.39 is 0 Å². The molecule has 0 aliphatic heterocycles. The SMILES string of the molecule is Nc1cnc(C=CCCl)c(Cl)n1. The number of anilines is 1. The van der Waals surface area contributed by atoms with Crippen LogP contribution in [0.5, 0.6) is 0 Å². The minimum atomic E-state index is 0.288. The molecule has 0 unspecified atom stereocenters. The van der Waals surface area contributed by atoms with Gasteiger partial charge in [0.25, 0.3) is 0 Å². The van der Waals surface area contributed by atoms with Crippen LogP contribution in [-0.4, -0.2) is 15.8 Å². The maximum Gasteiger partial charge on any atom is 0.157 e. The van der Waals surface area contributed by atoms with E-state index in [1.807, 2.05) is 0 Å². The van der Waals surface area contributed by atoms with E-state index in [4.69, 9.17) is 28.9 Å². The number of hydrogen-bond acceptors (Lipinski definition) is 3. The summed E-state index contributed by atoms with van der Waals surface area (Å²) in [6.07, 6.45) is 4.87. The van der Waals surface area contributed by atoms with Crippen LogP contribution in [0.2, 0.25) is 5.15 Å². The lowest BCUT2D eigenvalue weighted by Crippen LogP contribution is -1.94. The Morgan fingerprint density at radius 3 is 2.92 bits per heavy atom. The fourth-order valence-corrected chi connectivity index (χ4v) is 0.955. The first-order valence-electron chi connectivity index (χ1n) is 3.24. The Kier molecular flexibility index (Phi) is 3.31. The van der Waals surface area contributed by atoms with Crippen molar-refractivity contribution in [3.63, 3.8) is 0 Å². The Labute approximate surface area is 80.2 Å². The predicted molar refractivity (Wildman–Crippen MR) is 51.2 cm³/mol. The van der Waals surface area contributed by atoms with Gasteiger partial charge in [-0.15, -0.1) is 11.6 Å². The number of nitrogens with two attached hydrogens (primary N) is 1. The van der Waals surface area contributed by atoms with Gasteiger partial charge in [-0.3, -0.25) is 0 Å². The zero-order valence-corrected chi connectivity index (χ0v) is 7.68. The molecular weight excluding hydrogens is 197 g/mol. The summed E-state index contributed by atoms with van der Waals surface area (Å²) < 4.78 is 0. The Morgan fingerprint density at radius 2 is 2.33 bits per heavy atom. The third kappa shape index (κ3) is 2.36. The fourth-order valence-electron chi connectivity index (χ4n) is 0.656. The molecule has 0 radical (unpaired) electrons. The largest absolute Gasteiger partial charge is 0.382 e. The third-order valence-corrected chi connectivity index (χ3v) is 1.60. The maximum atomic E-state index is 5.72. The van der Waals surface area contributed by atoms with E-state index in [0.717, 1.165) is 0 Å². The second-order valence-electron chi connectivity index (χ2n) is 2.03. The average Bonchev–Trinajstić information content (AvgIpc) is 2.03. The van der Waals surface area contributed by atoms with Crippen LogP contribution in [0.4, 0.5) is 5.82 Å². The monoisotopic (exact) mass is 203 g/mol. The topological polar surface area (TPSA) is 51.8 Å². The van der Waals surface area contributed by atoms with Gasteiger partial charge in [-0.2, -0.15) is 0 Å². The van der Waals surface area contributed by atoms with Crippen molar-refractivity contribution < 1.29 is 0 Å². The molecule has 0 aliphatic carbocycles. The van der Waals surface area contributed by atoms with Crippen molar-refractivity contribution in [1.29, 1.82) is 0 Å².